The van der Waals surface area contributed by atoms with Gasteiger partial charge in [-0.05, 0) is 19.4 Å². The van der Waals surface area contributed by atoms with Gasteiger partial charge in [-0.25, -0.2) is 8.42 Å². The summed E-state index contributed by atoms with van der Waals surface area (Å²) in [5, 5.41) is 0. The Hall–Kier alpha value is -1.28. The molecule has 1 saturated heterocycles. The van der Waals surface area contributed by atoms with Gasteiger partial charge in [-0.3, -0.25) is 4.79 Å². The van der Waals surface area contributed by atoms with Gasteiger partial charge >= 0.3 is 0 Å². The van der Waals surface area contributed by atoms with Crippen LogP contribution in [0.2, 0.25) is 0 Å². The fraction of sp³-hybridized carbons (Fsp3) is 0.545. The van der Waals surface area contributed by atoms with E-state index < -0.39 is 9.84 Å². The summed E-state index contributed by atoms with van der Waals surface area (Å²) in [5.74, 6) is 2.33. The van der Waals surface area contributed by atoms with Crippen molar-refractivity contribution >= 4 is 15.7 Å². The third kappa shape index (κ3) is 3.11. The van der Waals surface area contributed by atoms with Gasteiger partial charge in [0, 0.05) is 6.04 Å². The predicted octanol–water partition coefficient (Wildman–Crippen LogP) is 0.211. The summed E-state index contributed by atoms with van der Waals surface area (Å²) in [6, 6.07) is -0.273. The van der Waals surface area contributed by atoms with E-state index in [1.807, 2.05) is 0 Å². The number of allylic oxidation sites excluding steroid dienone is 1. The van der Waals surface area contributed by atoms with Gasteiger partial charge in [-0.1, -0.05) is 12.0 Å². The van der Waals surface area contributed by atoms with Crippen molar-refractivity contribution in [1.29, 1.82) is 0 Å². The quantitative estimate of drug-likeness (QED) is 0.524. The van der Waals surface area contributed by atoms with Crippen LogP contribution in [0.25, 0.3) is 0 Å². The Balaban J connectivity index is 2.80. The Morgan fingerprint density at radius 3 is 2.75 bits per heavy atom. The van der Waals surface area contributed by atoms with E-state index in [2.05, 4.69) is 5.92 Å². The Bertz CT molecular complexity index is 431. The van der Waals surface area contributed by atoms with Gasteiger partial charge < -0.3 is 4.90 Å². The highest BCUT2D eigenvalue weighted by Gasteiger charge is 2.33. The number of hydrogen-bond acceptors (Lipinski definition) is 3. The minimum Gasteiger partial charge on any atom is -0.324 e. The molecule has 0 aromatic rings. The van der Waals surface area contributed by atoms with Gasteiger partial charge in [0.05, 0.1) is 18.1 Å². The van der Waals surface area contributed by atoms with Crippen molar-refractivity contribution in [3.05, 3.63) is 12.2 Å². The minimum atomic E-state index is -2.99. The lowest BCUT2D eigenvalue weighted by molar-refractivity contribution is -0.127. The molecule has 0 spiro atoms. The smallest absolute Gasteiger partial charge is 0.247 e. The minimum absolute atomic E-state index is 0.0258. The van der Waals surface area contributed by atoms with Crippen LogP contribution in [0.15, 0.2) is 12.2 Å². The van der Waals surface area contributed by atoms with Crippen LogP contribution in [0.5, 0.6) is 0 Å². The monoisotopic (exact) mass is 241 g/mol. The lowest BCUT2D eigenvalue weighted by Gasteiger charge is -2.24. The first-order chi connectivity index (χ1) is 7.50. The Morgan fingerprint density at radius 2 is 2.31 bits per heavy atom. The molecular formula is C11H15NO3S. The maximum atomic E-state index is 11.7. The standard InChI is InChI=1S/C11H15NO3S/c1-3-5-11(13)12(7-4-2)10-6-8-16(14,15)9-10/h2-3,5,10H,6-9H2,1H3. The molecule has 1 atom stereocenters. The third-order valence-corrected chi connectivity index (χ3v) is 4.25. The number of amides is 1. The van der Waals surface area contributed by atoms with Crippen molar-refractivity contribution in [1.82, 2.24) is 4.90 Å². The number of carbonyl (C=O) groups is 1. The van der Waals surface area contributed by atoms with Gasteiger partial charge in [0.15, 0.2) is 9.84 Å². The molecule has 0 aliphatic carbocycles. The SMILES string of the molecule is C#CCN(C(=O)C=CC)C1CCS(=O)(=O)C1. The number of hydrogen-bond donors (Lipinski definition) is 0. The molecule has 1 unspecified atom stereocenters. The summed E-state index contributed by atoms with van der Waals surface area (Å²) in [4.78, 5) is 13.1. The summed E-state index contributed by atoms with van der Waals surface area (Å²) in [6.45, 7) is 1.89. The molecule has 1 aliphatic rings. The van der Waals surface area contributed by atoms with Crippen LogP contribution in [-0.4, -0.2) is 43.3 Å². The molecule has 0 saturated carbocycles. The van der Waals surface area contributed by atoms with Crippen LogP contribution >= 0.6 is 0 Å². The first-order valence-electron chi connectivity index (χ1n) is 5.07. The molecule has 0 aromatic heterocycles. The number of terminal acetylenes is 1. The summed E-state index contributed by atoms with van der Waals surface area (Å²) in [5.41, 5.74) is 0. The number of sulfone groups is 1. The molecular weight excluding hydrogens is 226 g/mol. The highest BCUT2D eigenvalue weighted by atomic mass is 32.2. The second-order valence-corrected chi connectivity index (χ2v) is 5.96. The lowest BCUT2D eigenvalue weighted by Crippen LogP contribution is -2.40. The fourth-order valence-corrected chi connectivity index (χ4v) is 3.48. The average Bonchev–Trinajstić information content (AvgIpc) is 2.55. The van der Waals surface area contributed by atoms with Crippen LogP contribution in [0, 0.1) is 12.3 Å². The maximum Gasteiger partial charge on any atom is 0.247 e. The summed E-state index contributed by atoms with van der Waals surface area (Å²) in [7, 11) is -2.99. The summed E-state index contributed by atoms with van der Waals surface area (Å²) >= 11 is 0. The first kappa shape index (κ1) is 12.8. The van der Waals surface area contributed by atoms with E-state index in [0.29, 0.717) is 6.42 Å². The van der Waals surface area contributed by atoms with Crippen molar-refractivity contribution < 1.29 is 13.2 Å². The number of nitrogens with zero attached hydrogens (tertiary/aromatic N) is 1. The van der Waals surface area contributed by atoms with E-state index in [1.165, 1.54) is 11.0 Å². The van der Waals surface area contributed by atoms with E-state index in [9.17, 15) is 13.2 Å². The largest absolute Gasteiger partial charge is 0.324 e. The fourth-order valence-electron chi connectivity index (χ4n) is 1.74. The highest BCUT2D eigenvalue weighted by Crippen LogP contribution is 2.17. The highest BCUT2D eigenvalue weighted by molar-refractivity contribution is 7.91. The van der Waals surface area contributed by atoms with Crippen LogP contribution in [-0.2, 0) is 14.6 Å². The zero-order valence-electron chi connectivity index (χ0n) is 9.22. The molecule has 1 aliphatic heterocycles. The molecule has 4 nitrogen and oxygen atoms in total. The molecule has 1 amide bonds. The molecule has 0 radical (unpaired) electrons. The average molecular weight is 241 g/mol. The molecule has 0 aromatic carbocycles. The topological polar surface area (TPSA) is 54.5 Å². The van der Waals surface area contributed by atoms with Crippen molar-refractivity contribution in [2.45, 2.75) is 19.4 Å². The zero-order chi connectivity index (χ0) is 12.2. The molecule has 1 heterocycles. The van der Waals surface area contributed by atoms with Gasteiger partial charge in [-0.15, -0.1) is 6.42 Å². The molecule has 88 valence electrons. The van der Waals surface area contributed by atoms with E-state index in [0.717, 1.165) is 0 Å². The number of rotatable bonds is 3. The Morgan fingerprint density at radius 1 is 1.62 bits per heavy atom. The van der Waals surface area contributed by atoms with E-state index in [-0.39, 0.29) is 30.0 Å². The molecule has 0 N–H and O–H groups in total. The van der Waals surface area contributed by atoms with E-state index in [1.54, 1.807) is 13.0 Å². The van der Waals surface area contributed by atoms with Crippen molar-refractivity contribution in [3.63, 3.8) is 0 Å². The predicted molar refractivity (Wildman–Crippen MR) is 62.4 cm³/mol. The second kappa shape index (κ2) is 5.17. The first-order valence-corrected chi connectivity index (χ1v) is 6.89. The number of carbonyl (C=O) groups excluding carboxylic acids is 1. The third-order valence-electron chi connectivity index (χ3n) is 2.50. The molecule has 5 heteroatoms. The summed E-state index contributed by atoms with van der Waals surface area (Å²) < 4.78 is 22.6. The van der Waals surface area contributed by atoms with Crippen molar-refractivity contribution in [2.24, 2.45) is 0 Å². The van der Waals surface area contributed by atoms with Crippen LogP contribution < -0.4 is 0 Å². The molecule has 16 heavy (non-hydrogen) atoms. The normalized spacial score (nSPS) is 23.1. The maximum absolute atomic E-state index is 11.7. The van der Waals surface area contributed by atoms with Gasteiger partial charge in [0.2, 0.25) is 5.91 Å². The van der Waals surface area contributed by atoms with Crippen molar-refractivity contribution in [3.8, 4) is 12.3 Å². The van der Waals surface area contributed by atoms with Gasteiger partial charge in [0.1, 0.15) is 0 Å². The van der Waals surface area contributed by atoms with Gasteiger partial charge in [-0.2, -0.15) is 0 Å². The Labute approximate surface area is 96.2 Å². The molecule has 1 rings (SSSR count). The zero-order valence-corrected chi connectivity index (χ0v) is 10.0. The van der Waals surface area contributed by atoms with Crippen LogP contribution in [0.4, 0.5) is 0 Å². The lowest BCUT2D eigenvalue weighted by atomic mass is 10.2. The van der Waals surface area contributed by atoms with Crippen LogP contribution in [0.3, 0.4) is 0 Å². The van der Waals surface area contributed by atoms with E-state index in [4.69, 9.17) is 6.42 Å². The summed E-state index contributed by atoms with van der Waals surface area (Å²) in [6.07, 6.45) is 8.69. The van der Waals surface area contributed by atoms with Gasteiger partial charge in [0.25, 0.3) is 0 Å². The van der Waals surface area contributed by atoms with Crippen LogP contribution in [0.1, 0.15) is 13.3 Å². The molecule has 0 bridgehead atoms. The Kier molecular flexibility index (Phi) is 4.13. The second-order valence-electron chi connectivity index (χ2n) is 3.73. The van der Waals surface area contributed by atoms with Crippen molar-refractivity contribution in [2.75, 3.05) is 18.1 Å². The van der Waals surface area contributed by atoms with E-state index >= 15 is 0 Å². The molecule has 1 fully saturated rings.